The van der Waals surface area contributed by atoms with E-state index in [9.17, 15) is 0 Å². The Kier molecular flexibility index (Phi) is 3.12. The number of rotatable bonds is 2. The minimum absolute atomic E-state index is 0.310. The predicted molar refractivity (Wildman–Crippen MR) is 74.7 cm³/mol. The van der Waals surface area contributed by atoms with Crippen molar-refractivity contribution in [2.24, 2.45) is 0 Å². The van der Waals surface area contributed by atoms with Crippen molar-refractivity contribution in [1.82, 2.24) is 19.6 Å². The second-order valence-corrected chi connectivity index (χ2v) is 5.14. The fourth-order valence-corrected chi connectivity index (χ4v) is 2.05. The zero-order valence-electron chi connectivity index (χ0n) is 9.84. The minimum Gasteiger partial charge on any atom is -0.439 e. The average molecular weight is 340 g/mol. The number of nitrogens with zero attached hydrogens (tertiary/aromatic N) is 4. The first-order valence-electron chi connectivity index (χ1n) is 5.44. The number of aryl methyl sites for hydroxylation is 1. The molecule has 96 valence electrons. The van der Waals surface area contributed by atoms with E-state index in [-0.39, 0.29) is 0 Å². The van der Waals surface area contributed by atoms with Gasteiger partial charge in [-0.15, -0.1) is 0 Å². The van der Waals surface area contributed by atoms with Gasteiger partial charge in [0, 0.05) is 10.5 Å². The topological polar surface area (TPSA) is 52.3 Å². The third-order valence-corrected chi connectivity index (χ3v) is 3.62. The Hall–Kier alpha value is -1.66. The molecule has 0 aliphatic carbocycles. The summed E-state index contributed by atoms with van der Waals surface area (Å²) in [7, 11) is 0. The van der Waals surface area contributed by atoms with Crippen LogP contribution in [0.5, 0.6) is 11.6 Å². The van der Waals surface area contributed by atoms with Crippen LogP contribution in [0.15, 0.2) is 35.1 Å². The van der Waals surface area contributed by atoms with Crippen molar-refractivity contribution >= 4 is 33.3 Å². The Bertz CT molecular complexity index is 759. The van der Waals surface area contributed by atoms with Gasteiger partial charge in [-0.25, -0.2) is 0 Å². The van der Waals surface area contributed by atoms with Crippen LogP contribution < -0.4 is 4.74 Å². The summed E-state index contributed by atoms with van der Waals surface area (Å²) in [4.78, 5) is 8.02. The second-order valence-electron chi connectivity index (χ2n) is 3.90. The zero-order chi connectivity index (χ0) is 13.4. The van der Waals surface area contributed by atoms with Gasteiger partial charge in [0.15, 0.2) is 0 Å². The van der Waals surface area contributed by atoms with Crippen molar-refractivity contribution in [2.45, 2.75) is 6.92 Å². The molecule has 0 bridgehead atoms. The first-order valence-corrected chi connectivity index (χ1v) is 6.61. The smallest absolute Gasteiger partial charge is 0.256 e. The SMILES string of the molecule is Cc1cc(Oc2cc(Cl)nc3ncnn23)ccc1Br. The van der Waals surface area contributed by atoms with E-state index >= 15 is 0 Å². The number of hydrogen-bond donors (Lipinski definition) is 0. The molecule has 0 spiro atoms. The maximum atomic E-state index is 5.92. The first kappa shape index (κ1) is 12.4. The highest BCUT2D eigenvalue weighted by Gasteiger charge is 2.09. The summed E-state index contributed by atoms with van der Waals surface area (Å²) >= 11 is 9.37. The molecule has 0 amide bonds. The Morgan fingerprint density at radius 1 is 1.32 bits per heavy atom. The molecule has 0 radical (unpaired) electrons. The summed E-state index contributed by atoms with van der Waals surface area (Å²) in [5.41, 5.74) is 1.08. The molecule has 19 heavy (non-hydrogen) atoms. The van der Waals surface area contributed by atoms with E-state index in [2.05, 4.69) is 31.0 Å². The molecule has 0 atom stereocenters. The van der Waals surface area contributed by atoms with Crippen LogP contribution in [0.2, 0.25) is 5.15 Å². The standard InChI is InChI=1S/C12H8BrClN4O/c1-7-4-8(2-3-9(7)13)19-11-5-10(14)17-12-15-6-16-18(11)12/h2-6H,1H3. The summed E-state index contributed by atoms with van der Waals surface area (Å²) < 4.78 is 8.30. The van der Waals surface area contributed by atoms with Crippen LogP contribution in [0.4, 0.5) is 0 Å². The largest absolute Gasteiger partial charge is 0.439 e. The monoisotopic (exact) mass is 338 g/mol. The third-order valence-electron chi connectivity index (χ3n) is 2.54. The van der Waals surface area contributed by atoms with Crippen LogP contribution in [-0.4, -0.2) is 19.6 Å². The number of aromatic nitrogens is 4. The van der Waals surface area contributed by atoms with Gasteiger partial charge in [-0.05, 0) is 30.7 Å². The lowest BCUT2D eigenvalue weighted by molar-refractivity contribution is 0.445. The van der Waals surface area contributed by atoms with Gasteiger partial charge >= 0.3 is 0 Å². The molecule has 3 rings (SSSR count). The van der Waals surface area contributed by atoms with E-state index in [1.807, 2.05) is 25.1 Å². The van der Waals surface area contributed by atoms with E-state index < -0.39 is 0 Å². The molecule has 2 heterocycles. The van der Waals surface area contributed by atoms with Crippen LogP contribution >= 0.6 is 27.5 Å². The molecular weight excluding hydrogens is 332 g/mol. The fraction of sp³-hybridized carbons (Fsp3) is 0.0833. The van der Waals surface area contributed by atoms with Gasteiger partial charge in [-0.2, -0.15) is 19.6 Å². The summed E-state index contributed by atoms with van der Waals surface area (Å²) in [5.74, 6) is 1.56. The molecule has 0 aliphatic rings. The van der Waals surface area contributed by atoms with Crippen molar-refractivity contribution in [1.29, 1.82) is 0 Å². The Balaban J connectivity index is 2.04. The molecule has 7 heteroatoms. The normalized spacial score (nSPS) is 10.9. The van der Waals surface area contributed by atoms with E-state index in [4.69, 9.17) is 16.3 Å². The van der Waals surface area contributed by atoms with Gasteiger partial charge in [0.1, 0.15) is 17.2 Å². The number of halogens is 2. The van der Waals surface area contributed by atoms with Crippen LogP contribution in [0, 0.1) is 6.92 Å². The maximum absolute atomic E-state index is 5.92. The lowest BCUT2D eigenvalue weighted by atomic mass is 10.2. The second kappa shape index (κ2) is 4.79. The lowest BCUT2D eigenvalue weighted by Crippen LogP contribution is -1.98. The van der Waals surface area contributed by atoms with Gasteiger partial charge in [-0.3, -0.25) is 0 Å². The number of ether oxygens (including phenoxy) is 1. The van der Waals surface area contributed by atoms with Crippen LogP contribution in [-0.2, 0) is 0 Å². The van der Waals surface area contributed by atoms with Gasteiger partial charge in [0.2, 0.25) is 5.88 Å². The fourth-order valence-electron chi connectivity index (χ4n) is 1.63. The average Bonchev–Trinajstić information content (AvgIpc) is 2.82. The van der Waals surface area contributed by atoms with E-state index in [0.29, 0.717) is 22.6 Å². The van der Waals surface area contributed by atoms with Crippen molar-refractivity contribution in [3.05, 3.63) is 45.8 Å². The van der Waals surface area contributed by atoms with Gasteiger partial charge in [0.25, 0.3) is 5.78 Å². The summed E-state index contributed by atoms with van der Waals surface area (Å²) in [6.07, 6.45) is 1.40. The highest BCUT2D eigenvalue weighted by molar-refractivity contribution is 9.10. The van der Waals surface area contributed by atoms with E-state index in [0.717, 1.165) is 10.0 Å². The summed E-state index contributed by atoms with van der Waals surface area (Å²) in [6, 6.07) is 7.29. The van der Waals surface area contributed by atoms with Crippen LogP contribution in [0.1, 0.15) is 5.56 Å². The molecule has 0 saturated heterocycles. The molecule has 3 aromatic rings. The zero-order valence-corrected chi connectivity index (χ0v) is 12.2. The Labute approximate surface area is 122 Å². The minimum atomic E-state index is 0.310. The summed E-state index contributed by atoms with van der Waals surface area (Å²) in [6.45, 7) is 1.99. The quantitative estimate of drug-likeness (QED) is 0.669. The Morgan fingerprint density at radius 2 is 2.16 bits per heavy atom. The number of hydrogen-bond acceptors (Lipinski definition) is 4. The molecule has 0 unspecified atom stereocenters. The summed E-state index contributed by atoms with van der Waals surface area (Å²) in [5, 5.41) is 4.36. The van der Waals surface area contributed by atoms with Crippen molar-refractivity contribution in [2.75, 3.05) is 0 Å². The molecule has 0 fully saturated rings. The van der Waals surface area contributed by atoms with Crippen LogP contribution in [0.25, 0.3) is 5.78 Å². The van der Waals surface area contributed by atoms with Crippen molar-refractivity contribution < 1.29 is 4.74 Å². The number of benzene rings is 1. The molecule has 0 aliphatic heterocycles. The van der Waals surface area contributed by atoms with Crippen LogP contribution in [0.3, 0.4) is 0 Å². The van der Waals surface area contributed by atoms with Gasteiger partial charge in [0.05, 0.1) is 0 Å². The molecule has 2 aromatic heterocycles. The maximum Gasteiger partial charge on any atom is 0.256 e. The van der Waals surface area contributed by atoms with E-state index in [1.165, 1.54) is 10.8 Å². The number of fused-ring (bicyclic) bond motifs is 1. The van der Waals surface area contributed by atoms with Crippen molar-refractivity contribution in [3.63, 3.8) is 0 Å². The molecule has 0 N–H and O–H groups in total. The van der Waals surface area contributed by atoms with E-state index in [1.54, 1.807) is 6.07 Å². The van der Waals surface area contributed by atoms with Gasteiger partial charge in [-0.1, -0.05) is 27.5 Å². The molecule has 1 aromatic carbocycles. The molecule has 5 nitrogen and oxygen atoms in total. The highest BCUT2D eigenvalue weighted by Crippen LogP contribution is 2.27. The molecule has 0 saturated carbocycles. The first-order chi connectivity index (χ1) is 9.13. The van der Waals surface area contributed by atoms with Gasteiger partial charge < -0.3 is 4.74 Å². The highest BCUT2D eigenvalue weighted by atomic mass is 79.9. The predicted octanol–water partition coefficient (Wildman–Crippen LogP) is 3.64. The lowest BCUT2D eigenvalue weighted by Gasteiger charge is -2.08. The molecular formula is C12H8BrClN4O. The third kappa shape index (κ3) is 2.41. The van der Waals surface area contributed by atoms with Crippen molar-refractivity contribution in [3.8, 4) is 11.6 Å². The Morgan fingerprint density at radius 3 is 2.95 bits per heavy atom.